The highest BCUT2D eigenvalue weighted by Gasteiger charge is 2.31. The number of aryl methyl sites for hydroxylation is 1. The van der Waals surface area contributed by atoms with Crippen LogP contribution in [0.1, 0.15) is 24.0 Å². The number of benzene rings is 1. The quantitative estimate of drug-likeness (QED) is 0.818. The molecule has 2 rings (SSSR count). The maximum Gasteiger partial charge on any atom is 0.416 e. The van der Waals surface area contributed by atoms with E-state index in [-0.39, 0.29) is 0 Å². The highest BCUT2D eigenvalue weighted by atomic mass is 79.9. The minimum atomic E-state index is -4.36. The predicted molar refractivity (Wildman–Crippen MR) is 74.6 cm³/mol. The number of furan rings is 1. The van der Waals surface area contributed by atoms with Gasteiger partial charge in [0.25, 0.3) is 0 Å². The summed E-state index contributed by atoms with van der Waals surface area (Å²) < 4.78 is 43.9. The number of halogens is 4. The molecule has 2 aromatic rings. The topological polar surface area (TPSA) is 25.2 Å². The van der Waals surface area contributed by atoms with Gasteiger partial charge in [-0.15, -0.1) is 0 Å². The van der Waals surface area contributed by atoms with Crippen molar-refractivity contribution in [1.29, 1.82) is 0 Å². The van der Waals surface area contributed by atoms with Gasteiger partial charge in [-0.05, 0) is 30.3 Å². The minimum absolute atomic E-state index is 0.341. The Bertz CT molecular complexity index is 592. The Morgan fingerprint density at radius 2 is 1.85 bits per heavy atom. The van der Waals surface area contributed by atoms with Gasteiger partial charge in [0.05, 0.1) is 12.1 Å². The van der Waals surface area contributed by atoms with E-state index < -0.39 is 11.7 Å². The molecule has 1 heterocycles. The van der Waals surface area contributed by atoms with Gasteiger partial charge < -0.3 is 9.73 Å². The molecule has 0 spiro atoms. The molecule has 1 N–H and O–H groups in total. The molecular weight excluding hydrogens is 335 g/mol. The molecule has 0 aliphatic heterocycles. The third-order valence-electron chi connectivity index (χ3n) is 2.76. The van der Waals surface area contributed by atoms with E-state index in [2.05, 4.69) is 21.2 Å². The average Bonchev–Trinajstić information content (AvgIpc) is 2.82. The Morgan fingerprint density at radius 1 is 1.15 bits per heavy atom. The van der Waals surface area contributed by atoms with E-state index in [1.165, 1.54) is 0 Å². The number of rotatable bonds is 4. The Balaban J connectivity index is 2.11. The van der Waals surface area contributed by atoms with Gasteiger partial charge in [-0.25, -0.2) is 0 Å². The van der Waals surface area contributed by atoms with Crippen molar-refractivity contribution in [3.63, 3.8) is 0 Å². The number of nitrogens with one attached hydrogen (secondary N) is 1. The Morgan fingerprint density at radius 3 is 2.45 bits per heavy atom. The van der Waals surface area contributed by atoms with Crippen molar-refractivity contribution < 1.29 is 17.6 Å². The summed E-state index contributed by atoms with van der Waals surface area (Å²) in [5.41, 5.74) is -0.302. The number of hydrogen-bond acceptors (Lipinski definition) is 2. The molecule has 0 unspecified atom stereocenters. The van der Waals surface area contributed by atoms with Crippen molar-refractivity contribution in [2.24, 2.45) is 0 Å². The highest BCUT2D eigenvalue weighted by Crippen LogP contribution is 2.33. The van der Waals surface area contributed by atoms with Gasteiger partial charge in [0.15, 0.2) is 0 Å². The van der Waals surface area contributed by atoms with Crippen LogP contribution in [0.25, 0.3) is 0 Å². The van der Waals surface area contributed by atoms with E-state index in [0.717, 1.165) is 24.3 Å². The molecule has 0 bridgehead atoms. The van der Waals surface area contributed by atoms with Crippen LogP contribution >= 0.6 is 15.9 Å². The van der Waals surface area contributed by atoms with E-state index in [0.29, 0.717) is 22.5 Å². The molecule has 0 aliphatic carbocycles. The van der Waals surface area contributed by atoms with Crippen LogP contribution in [-0.4, -0.2) is 0 Å². The summed E-state index contributed by atoms with van der Waals surface area (Å²) in [7, 11) is 0. The van der Waals surface area contributed by atoms with Crippen LogP contribution in [0, 0.1) is 0 Å². The summed E-state index contributed by atoms with van der Waals surface area (Å²) in [4.78, 5) is 0. The molecule has 0 amide bonds. The summed E-state index contributed by atoms with van der Waals surface area (Å²) in [6, 6.07) is 7.40. The fourth-order valence-corrected chi connectivity index (χ4v) is 2.25. The Hall–Kier alpha value is -1.43. The summed E-state index contributed by atoms with van der Waals surface area (Å²) in [5.74, 6) is 1.54. The van der Waals surface area contributed by atoms with Crippen molar-refractivity contribution in [3.8, 4) is 0 Å². The monoisotopic (exact) mass is 347 g/mol. The SMILES string of the molecule is CCc1ccc(CNc2cc(Br)cc(C(F)(F)F)c2)o1. The van der Waals surface area contributed by atoms with Crippen LogP contribution in [0.4, 0.5) is 18.9 Å². The lowest BCUT2D eigenvalue weighted by molar-refractivity contribution is -0.137. The first-order valence-electron chi connectivity index (χ1n) is 6.07. The molecule has 6 heteroatoms. The van der Waals surface area contributed by atoms with Crippen LogP contribution in [-0.2, 0) is 19.1 Å². The van der Waals surface area contributed by atoms with Gasteiger partial charge in [-0.1, -0.05) is 22.9 Å². The van der Waals surface area contributed by atoms with Gasteiger partial charge in [-0.3, -0.25) is 0 Å². The maximum atomic E-state index is 12.7. The molecular formula is C14H13BrF3NO. The van der Waals surface area contributed by atoms with Crippen molar-refractivity contribution >= 4 is 21.6 Å². The van der Waals surface area contributed by atoms with E-state index in [4.69, 9.17) is 4.42 Å². The Kier molecular flexibility index (Phi) is 4.42. The van der Waals surface area contributed by atoms with E-state index in [9.17, 15) is 13.2 Å². The maximum absolute atomic E-state index is 12.7. The lowest BCUT2D eigenvalue weighted by atomic mass is 10.2. The second-order valence-corrected chi connectivity index (χ2v) is 5.22. The van der Waals surface area contributed by atoms with Crippen molar-refractivity contribution in [2.45, 2.75) is 26.1 Å². The van der Waals surface area contributed by atoms with Gasteiger partial charge in [0.1, 0.15) is 11.5 Å². The van der Waals surface area contributed by atoms with Gasteiger partial charge >= 0.3 is 6.18 Å². The lowest BCUT2D eigenvalue weighted by Crippen LogP contribution is -2.06. The third-order valence-corrected chi connectivity index (χ3v) is 3.22. The smallest absolute Gasteiger partial charge is 0.416 e. The molecule has 1 aromatic heterocycles. The summed E-state index contributed by atoms with van der Waals surface area (Å²) in [6.07, 6.45) is -3.57. The Labute approximate surface area is 123 Å². The van der Waals surface area contributed by atoms with Crippen molar-refractivity contribution in [2.75, 3.05) is 5.32 Å². The first-order valence-corrected chi connectivity index (χ1v) is 6.87. The zero-order chi connectivity index (χ0) is 14.8. The zero-order valence-electron chi connectivity index (χ0n) is 10.7. The normalized spacial score (nSPS) is 11.7. The molecule has 0 fully saturated rings. The number of hydrogen-bond donors (Lipinski definition) is 1. The molecule has 0 saturated heterocycles. The standard InChI is InChI=1S/C14H13BrF3NO/c1-2-12-3-4-13(20-12)8-19-11-6-9(14(16,17)18)5-10(15)7-11/h3-7,19H,2,8H2,1H3. The van der Waals surface area contributed by atoms with E-state index >= 15 is 0 Å². The number of anilines is 1. The van der Waals surface area contributed by atoms with E-state index in [1.54, 1.807) is 6.07 Å². The predicted octanol–water partition coefficient (Wildman–Crippen LogP) is 5.24. The van der Waals surface area contributed by atoms with Crippen LogP contribution in [0.15, 0.2) is 39.2 Å². The van der Waals surface area contributed by atoms with Crippen LogP contribution < -0.4 is 5.32 Å². The van der Waals surface area contributed by atoms with E-state index in [1.807, 2.05) is 19.1 Å². The number of alkyl halides is 3. The zero-order valence-corrected chi connectivity index (χ0v) is 12.3. The second kappa shape index (κ2) is 5.91. The van der Waals surface area contributed by atoms with Crippen LogP contribution in [0.2, 0.25) is 0 Å². The lowest BCUT2D eigenvalue weighted by Gasteiger charge is -2.11. The molecule has 0 aliphatic rings. The van der Waals surface area contributed by atoms with Crippen molar-refractivity contribution in [1.82, 2.24) is 0 Å². The summed E-state index contributed by atoms with van der Waals surface area (Å²) in [6.45, 7) is 2.31. The molecule has 0 atom stereocenters. The molecule has 2 nitrogen and oxygen atoms in total. The molecule has 1 aromatic carbocycles. The fraction of sp³-hybridized carbons (Fsp3) is 0.286. The summed E-state index contributed by atoms with van der Waals surface area (Å²) >= 11 is 3.08. The third kappa shape index (κ3) is 3.79. The molecule has 20 heavy (non-hydrogen) atoms. The first-order chi connectivity index (χ1) is 9.38. The highest BCUT2D eigenvalue weighted by molar-refractivity contribution is 9.10. The molecule has 0 radical (unpaired) electrons. The van der Waals surface area contributed by atoms with Gasteiger partial charge in [-0.2, -0.15) is 13.2 Å². The largest absolute Gasteiger partial charge is 0.464 e. The molecule has 0 saturated carbocycles. The first kappa shape index (κ1) is 15.0. The van der Waals surface area contributed by atoms with Crippen LogP contribution in [0.5, 0.6) is 0 Å². The average molecular weight is 348 g/mol. The second-order valence-electron chi connectivity index (χ2n) is 4.30. The molecule has 108 valence electrons. The minimum Gasteiger partial charge on any atom is -0.464 e. The van der Waals surface area contributed by atoms with Gasteiger partial charge in [0.2, 0.25) is 0 Å². The summed E-state index contributed by atoms with van der Waals surface area (Å²) in [5, 5.41) is 2.93. The fourth-order valence-electron chi connectivity index (χ4n) is 1.75. The van der Waals surface area contributed by atoms with Crippen molar-refractivity contribution in [3.05, 3.63) is 51.9 Å². The van der Waals surface area contributed by atoms with Crippen LogP contribution in [0.3, 0.4) is 0 Å². The van der Waals surface area contributed by atoms with Gasteiger partial charge in [0, 0.05) is 16.6 Å².